The lowest BCUT2D eigenvalue weighted by molar-refractivity contribution is 0.414. The largest absolute Gasteiger partial charge is 0.497 e. The van der Waals surface area contributed by atoms with Gasteiger partial charge in [0.05, 0.1) is 24.5 Å². The Hall–Kier alpha value is -2.29. The predicted molar refractivity (Wildman–Crippen MR) is 76.4 cm³/mol. The number of hydrogen-bond acceptors (Lipinski definition) is 2. The van der Waals surface area contributed by atoms with Crippen molar-refractivity contribution < 1.29 is 4.74 Å². The average Bonchev–Trinajstić information content (AvgIpc) is 2.89. The molecule has 2 aromatic carbocycles. The molecule has 3 aromatic rings. The molecule has 0 atom stereocenters. The molecule has 0 aliphatic carbocycles. The van der Waals surface area contributed by atoms with Crippen molar-refractivity contribution in [3.05, 3.63) is 60.4 Å². The van der Waals surface area contributed by atoms with Gasteiger partial charge < -0.3 is 9.30 Å². The third-order valence-electron chi connectivity index (χ3n) is 3.30. The Bertz CT molecular complexity index is 688. The zero-order valence-corrected chi connectivity index (χ0v) is 10.9. The van der Waals surface area contributed by atoms with Crippen LogP contribution in [0.5, 0.6) is 5.75 Å². The zero-order chi connectivity index (χ0) is 13.1. The van der Waals surface area contributed by atoms with E-state index in [0.717, 1.165) is 24.2 Å². The number of fused-ring (bicyclic) bond motifs is 1. The number of ether oxygens (including phenoxy) is 1. The highest BCUT2D eigenvalue weighted by Crippen LogP contribution is 2.15. The number of para-hydroxylation sites is 2. The first-order chi connectivity index (χ1) is 9.36. The van der Waals surface area contributed by atoms with Gasteiger partial charge in [0.25, 0.3) is 0 Å². The van der Waals surface area contributed by atoms with E-state index >= 15 is 0 Å². The first kappa shape index (κ1) is 11.8. The Morgan fingerprint density at radius 3 is 2.89 bits per heavy atom. The Balaban J connectivity index is 1.78. The molecule has 3 rings (SSSR count). The standard InChI is InChI=1S/C16H16N2O/c1-19-14-6-4-5-13(11-14)9-10-18-12-17-15-7-2-3-8-16(15)18/h2-8,11-12H,9-10H2,1H3. The second-order valence-corrected chi connectivity index (χ2v) is 4.53. The van der Waals surface area contributed by atoms with Gasteiger partial charge >= 0.3 is 0 Å². The van der Waals surface area contributed by atoms with Crippen LogP contribution in [-0.2, 0) is 13.0 Å². The summed E-state index contributed by atoms with van der Waals surface area (Å²) in [6.45, 7) is 0.924. The van der Waals surface area contributed by atoms with Gasteiger partial charge in [0, 0.05) is 6.54 Å². The molecule has 0 fully saturated rings. The van der Waals surface area contributed by atoms with Crippen LogP contribution in [0, 0.1) is 0 Å². The van der Waals surface area contributed by atoms with Crippen LogP contribution >= 0.6 is 0 Å². The third kappa shape index (κ3) is 2.45. The molecule has 0 saturated heterocycles. The maximum Gasteiger partial charge on any atom is 0.119 e. The molecule has 0 amide bonds. The highest BCUT2D eigenvalue weighted by molar-refractivity contribution is 5.74. The van der Waals surface area contributed by atoms with Crippen LogP contribution in [0.25, 0.3) is 11.0 Å². The lowest BCUT2D eigenvalue weighted by Gasteiger charge is -2.06. The summed E-state index contributed by atoms with van der Waals surface area (Å²) in [5.41, 5.74) is 3.51. The van der Waals surface area contributed by atoms with Crippen molar-refractivity contribution in [1.82, 2.24) is 9.55 Å². The highest BCUT2D eigenvalue weighted by atomic mass is 16.5. The van der Waals surface area contributed by atoms with Gasteiger partial charge in [0.1, 0.15) is 5.75 Å². The minimum Gasteiger partial charge on any atom is -0.497 e. The van der Waals surface area contributed by atoms with E-state index in [0.29, 0.717) is 0 Å². The van der Waals surface area contributed by atoms with Crippen LogP contribution < -0.4 is 4.74 Å². The van der Waals surface area contributed by atoms with E-state index in [1.807, 2.05) is 36.7 Å². The summed E-state index contributed by atoms with van der Waals surface area (Å²) < 4.78 is 7.43. The summed E-state index contributed by atoms with van der Waals surface area (Å²) in [5, 5.41) is 0. The van der Waals surface area contributed by atoms with Crippen LogP contribution in [0.2, 0.25) is 0 Å². The molecule has 1 aromatic heterocycles. The number of benzene rings is 2. The molecule has 3 heteroatoms. The second-order valence-electron chi connectivity index (χ2n) is 4.53. The Morgan fingerprint density at radius 1 is 1.11 bits per heavy atom. The number of nitrogens with zero attached hydrogens (tertiary/aromatic N) is 2. The van der Waals surface area contributed by atoms with Crippen molar-refractivity contribution in [2.24, 2.45) is 0 Å². The monoisotopic (exact) mass is 252 g/mol. The van der Waals surface area contributed by atoms with Crippen molar-refractivity contribution in [3.63, 3.8) is 0 Å². The fraction of sp³-hybridized carbons (Fsp3) is 0.188. The average molecular weight is 252 g/mol. The number of methoxy groups -OCH3 is 1. The summed E-state index contributed by atoms with van der Waals surface area (Å²) in [6, 6.07) is 16.4. The molecule has 19 heavy (non-hydrogen) atoms. The molecular formula is C16H16N2O. The molecule has 0 saturated carbocycles. The van der Waals surface area contributed by atoms with Gasteiger partial charge in [-0.2, -0.15) is 0 Å². The molecular weight excluding hydrogens is 236 g/mol. The Kier molecular flexibility index (Phi) is 3.19. The van der Waals surface area contributed by atoms with Crippen LogP contribution in [0.15, 0.2) is 54.9 Å². The summed E-state index contributed by atoms with van der Waals surface area (Å²) in [7, 11) is 1.70. The molecule has 1 heterocycles. The first-order valence-electron chi connectivity index (χ1n) is 6.39. The molecule has 0 aliphatic heterocycles. The minimum absolute atomic E-state index is 0.910. The van der Waals surface area contributed by atoms with Gasteiger partial charge in [-0.05, 0) is 36.2 Å². The third-order valence-corrected chi connectivity index (χ3v) is 3.30. The first-order valence-corrected chi connectivity index (χ1v) is 6.39. The van der Waals surface area contributed by atoms with Gasteiger partial charge in [0.2, 0.25) is 0 Å². The smallest absolute Gasteiger partial charge is 0.119 e. The fourth-order valence-corrected chi connectivity index (χ4v) is 2.27. The molecule has 3 nitrogen and oxygen atoms in total. The molecule has 0 bridgehead atoms. The number of imidazole rings is 1. The van der Waals surface area contributed by atoms with Crippen LogP contribution in [0.3, 0.4) is 0 Å². The van der Waals surface area contributed by atoms with Crippen molar-refractivity contribution in [3.8, 4) is 5.75 Å². The lowest BCUT2D eigenvalue weighted by Crippen LogP contribution is -2.00. The van der Waals surface area contributed by atoms with Crippen molar-refractivity contribution in [2.75, 3.05) is 7.11 Å². The van der Waals surface area contributed by atoms with E-state index in [-0.39, 0.29) is 0 Å². The van der Waals surface area contributed by atoms with E-state index in [1.54, 1.807) is 7.11 Å². The van der Waals surface area contributed by atoms with Gasteiger partial charge in [-0.1, -0.05) is 24.3 Å². The van der Waals surface area contributed by atoms with Crippen LogP contribution in [0.1, 0.15) is 5.56 Å². The summed E-state index contributed by atoms with van der Waals surface area (Å²) in [6.07, 6.45) is 2.88. The number of aryl methyl sites for hydroxylation is 2. The quantitative estimate of drug-likeness (QED) is 0.712. The number of rotatable bonds is 4. The molecule has 0 aliphatic rings. The summed E-state index contributed by atoms with van der Waals surface area (Å²) >= 11 is 0. The molecule has 0 spiro atoms. The van der Waals surface area contributed by atoms with Gasteiger partial charge in [-0.3, -0.25) is 0 Å². The van der Waals surface area contributed by atoms with E-state index < -0.39 is 0 Å². The zero-order valence-electron chi connectivity index (χ0n) is 10.9. The Morgan fingerprint density at radius 2 is 2.00 bits per heavy atom. The molecule has 0 unspecified atom stereocenters. The van der Waals surface area contributed by atoms with E-state index in [1.165, 1.54) is 11.1 Å². The van der Waals surface area contributed by atoms with E-state index in [4.69, 9.17) is 4.74 Å². The van der Waals surface area contributed by atoms with Gasteiger partial charge in [-0.15, -0.1) is 0 Å². The lowest BCUT2D eigenvalue weighted by atomic mass is 10.1. The molecule has 96 valence electrons. The second kappa shape index (κ2) is 5.14. The van der Waals surface area contributed by atoms with Crippen LogP contribution in [0.4, 0.5) is 0 Å². The molecule has 0 N–H and O–H groups in total. The topological polar surface area (TPSA) is 27.1 Å². The number of hydrogen-bond donors (Lipinski definition) is 0. The minimum atomic E-state index is 0.910. The predicted octanol–water partition coefficient (Wildman–Crippen LogP) is 3.29. The normalized spacial score (nSPS) is 10.8. The van der Waals surface area contributed by atoms with Crippen molar-refractivity contribution >= 4 is 11.0 Å². The highest BCUT2D eigenvalue weighted by Gasteiger charge is 2.02. The number of aromatic nitrogens is 2. The van der Waals surface area contributed by atoms with Gasteiger partial charge in [-0.25, -0.2) is 4.98 Å². The summed E-state index contributed by atoms with van der Waals surface area (Å²) in [5.74, 6) is 0.910. The maximum atomic E-state index is 5.24. The van der Waals surface area contributed by atoms with E-state index in [9.17, 15) is 0 Å². The van der Waals surface area contributed by atoms with Crippen LogP contribution in [-0.4, -0.2) is 16.7 Å². The summed E-state index contributed by atoms with van der Waals surface area (Å²) in [4.78, 5) is 4.40. The van der Waals surface area contributed by atoms with Crippen molar-refractivity contribution in [1.29, 1.82) is 0 Å². The SMILES string of the molecule is COc1cccc(CCn2cnc3ccccc32)c1. The molecule has 0 radical (unpaired) electrons. The Labute approximate surface area is 112 Å². The maximum absolute atomic E-state index is 5.24. The fourth-order valence-electron chi connectivity index (χ4n) is 2.27. The van der Waals surface area contributed by atoms with E-state index in [2.05, 4.69) is 27.8 Å². The van der Waals surface area contributed by atoms with Crippen molar-refractivity contribution in [2.45, 2.75) is 13.0 Å². The van der Waals surface area contributed by atoms with Gasteiger partial charge in [0.15, 0.2) is 0 Å².